The molecule has 4 N–H and O–H groups in total. The smallest absolute Gasteiger partial charge is 0.237 e. The van der Waals surface area contributed by atoms with Crippen molar-refractivity contribution in [2.45, 2.75) is 6.54 Å². The van der Waals surface area contributed by atoms with Gasteiger partial charge in [0.25, 0.3) is 0 Å². The molecule has 0 fully saturated rings. The largest absolute Gasteiger partial charge is 0.398 e. The summed E-state index contributed by atoms with van der Waals surface area (Å²) in [5, 5.41) is 0. The molecule has 5 nitrogen and oxygen atoms in total. The predicted molar refractivity (Wildman–Crippen MR) is 83.0 cm³/mol. The first-order chi connectivity index (χ1) is 9.58. The molecule has 20 heavy (non-hydrogen) atoms. The van der Waals surface area contributed by atoms with E-state index in [0.717, 1.165) is 10.0 Å². The first kappa shape index (κ1) is 14.3. The molecular weight excluding hydrogens is 320 g/mol. The number of rotatable bonds is 5. The third-order valence-corrected chi connectivity index (χ3v) is 3.42. The van der Waals surface area contributed by atoms with Gasteiger partial charge >= 0.3 is 0 Å². The maximum absolute atomic E-state index is 11.3. The molecule has 0 saturated heterocycles. The van der Waals surface area contributed by atoms with Gasteiger partial charge in [-0.05, 0) is 39.7 Å². The van der Waals surface area contributed by atoms with Crippen LogP contribution >= 0.6 is 15.9 Å². The van der Waals surface area contributed by atoms with Gasteiger partial charge in [-0.25, -0.2) is 4.98 Å². The Balaban J connectivity index is 2.32. The van der Waals surface area contributed by atoms with Crippen LogP contribution in [0.5, 0.6) is 0 Å². The monoisotopic (exact) mass is 334 g/mol. The van der Waals surface area contributed by atoms with Gasteiger partial charge in [-0.2, -0.15) is 0 Å². The van der Waals surface area contributed by atoms with Gasteiger partial charge in [-0.1, -0.05) is 18.2 Å². The van der Waals surface area contributed by atoms with E-state index in [9.17, 15) is 4.79 Å². The molecular formula is C14H15BrN4O. The van der Waals surface area contributed by atoms with Gasteiger partial charge in [-0.15, -0.1) is 0 Å². The number of benzene rings is 1. The normalized spacial score (nSPS) is 10.2. The van der Waals surface area contributed by atoms with Crippen molar-refractivity contribution in [1.82, 2.24) is 4.98 Å². The molecule has 2 aromatic rings. The molecule has 0 spiro atoms. The van der Waals surface area contributed by atoms with Crippen molar-refractivity contribution >= 4 is 33.3 Å². The van der Waals surface area contributed by atoms with Crippen LogP contribution in [0.15, 0.2) is 47.1 Å². The molecule has 0 atom stereocenters. The lowest BCUT2D eigenvalue weighted by molar-refractivity contribution is -0.116. The minimum absolute atomic E-state index is 0.0734. The van der Waals surface area contributed by atoms with Crippen LogP contribution in [0.4, 0.5) is 11.5 Å². The van der Waals surface area contributed by atoms with Crippen molar-refractivity contribution in [3.05, 3.63) is 52.6 Å². The third kappa shape index (κ3) is 3.48. The van der Waals surface area contributed by atoms with E-state index in [1.54, 1.807) is 11.1 Å². The number of hydrogen-bond acceptors (Lipinski definition) is 4. The first-order valence-electron chi connectivity index (χ1n) is 6.05. The van der Waals surface area contributed by atoms with Crippen LogP contribution in [-0.2, 0) is 11.3 Å². The molecule has 0 bridgehead atoms. The number of halogens is 1. The van der Waals surface area contributed by atoms with Crippen LogP contribution < -0.4 is 16.4 Å². The topological polar surface area (TPSA) is 85.2 Å². The Morgan fingerprint density at radius 3 is 2.65 bits per heavy atom. The Kier molecular flexibility index (Phi) is 4.57. The fraction of sp³-hybridized carbons (Fsp3) is 0.143. The highest BCUT2D eigenvalue weighted by molar-refractivity contribution is 9.10. The van der Waals surface area contributed by atoms with Crippen LogP contribution in [0.25, 0.3) is 0 Å². The molecule has 1 aromatic carbocycles. The summed E-state index contributed by atoms with van der Waals surface area (Å²) < 4.78 is 0.802. The summed E-state index contributed by atoms with van der Waals surface area (Å²) in [6, 6.07) is 11.2. The quantitative estimate of drug-likeness (QED) is 0.818. The Hall–Kier alpha value is -2.08. The summed E-state index contributed by atoms with van der Waals surface area (Å²) in [7, 11) is 0. The zero-order valence-corrected chi connectivity index (χ0v) is 12.4. The van der Waals surface area contributed by atoms with Crippen LogP contribution in [0.3, 0.4) is 0 Å². The highest BCUT2D eigenvalue weighted by atomic mass is 79.9. The van der Waals surface area contributed by atoms with Crippen molar-refractivity contribution in [3.63, 3.8) is 0 Å². The van der Waals surface area contributed by atoms with Crippen LogP contribution in [-0.4, -0.2) is 17.4 Å². The average molecular weight is 335 g/mol. The summed E-state index contributed by atoms with van der Waals surface area (Å²) in [4.78, 5) is 17.4. The first-order valence-corrected chi connectivity index (χ1v) is 6.84. The zero-order valence-electron chi connectivity index (χ0n) is 10.8. The molecule has 0 saturated carbocycles. The molecule has 0 radical (unpaired) electrons. The number of primary amides is 1. The lowest BCUT2D eigenvalue weighted by Crippen LogP contribution is -2.34. The number of carbonyl (C=O) groups is 1. The Morgan fingerprint density at radius 1 is 1.25 bits per heavy atom. The molecule has 0 aliphatic rings. The Labute approximate surface area is 125 Å². The average Bonchev–Trinajstić information content (AvgIpc) is 2.40. The van der Waals surface area contributed by atoms with Gasteiger partial charge in [0.05, 0.1) is 11.0 Å². The van der Waals surface area contributed by atoms with Crippen LogP contribution in [0.1, 0.15) is 5.56 Å². The summed E-state index contributed by atoms with van der Waals surface area (Å²) >= 11 is 3.43. The van der Waals surface area contributed by atoms with E-state index in [-0.39, 0.29) is 6.54 Å². The van der Waals surface area contributed by atoms with Gasteiger partial charge in [0.1, 0.15) is 5.82 Å². The van der Waals surface area contributed by atoms with Gasteiger partial charge in [0.15, 0.2) is 0 Å². The summed E-state index contributed by atoms with van der Waals surface area (Å²) in [5.74, 6) is 0.242. The maximum Gasteiger partial charge on any atom is 0.237 e. The van der Waals surface area contributed by atoms with E-state index in [2.05, 4.69) is 20.9 Å². The fourth-order valence-corrected chi connectivity index (χ4v) is 2.39. The third-order valence-electron chi connectivity index (χ3n) is 2.80. The predicted octanol–water partition coefficient (Wildman–Crippen LogP) is 1.92. The minimum atomic E-state index is -0.419. The van der Waals surface area contributed by atoms with E-state index in [0.29, 0.717) is 18.1 Å². The van der Waals surface area contributed by atoms with E-state index < -0.39 is 5.91 Å². The van der Waals surface area contributed by atoms with Crippen LogP contribution in [0, 0.1) is 0 Å². The second-order valence-electron chi connectivity index (χ2n) is 4.33. The molecule has 1 amide bonds. The number of para-hydroxylation sites is 1. The Bertz CT molecular complexity index is 618. The number of pyridine rings is 1. The van der Waals surface area contributed by atoms with Crippen molar-refractivity contribution in [1.29, 1.82) is 0 Å². The SMILES string of the molecule is NC(=O)CN(Cc1ccccc1N)c1ncccc1Br. The maximum atomic E-state index is 11.3. The zero-order chi connectivity index (χ0) is 14.5. The summed E-state index contributed by atoms with van der Waals surface area (Å²) in [6.07, 6.45) is 1.67. The molecule has 1 heterocycles. The van der Waals surface area contributed by atoms with E-state index in [1.807, 2.05) is 36.4 Å². The molecule has 1 aromatic heterocycles. The lowest BCUT2D eigenvalue weighted by Gasteiger charge is -2.24. The highest BCUT2D eigenvalue weighted by Gasteiger charge is 2.15. The van der Waals surface area contributed by atoms with Gasteiger partial charge in [0, 0.05) is 18.4 Å². The lowest BCUT2D eigenvalue weighted by atomic mass is 10.1. The van der Waals surface area contributed by atoms with Crippen molar-refractivity contribution in [2.24, 2.45) is 5.73 Å². The van der Waals surface area contributed by atoms with E-state index >= 15 is 0 Å². The molecule has 0 aliphatic heterocycles. The number of aromatic nitrogens is 1. The molecule has 0 unspecified atom stereocenters. The second kappa shape index (κ2) is 6.38. The van der Waals surface area contributed by atoms with Gasteiger partial charge in [-0.3, -0.25) is 4.79 Å². The molecule has 2 rings (SSSR count). The number of nitrogen functional groups attached to an aromatic ring is 1. The van der Waals surface area contributed by atoms with E-state index in [4.69, 9.17) is 11.5 Å². The standard InChI is InChI=1S/C14H15BrN4O/c15-11-5-3-7-18-14(11)19(9-13(17)20)8-10-4-1-2-6-12(10)16/h1-7H,8-9,16H2,(H2,17,20). The molecule has 0 aliphatic carbocycles. The van der Waals surface area contributed by atoms with E-state index in [1.165, 1.54) is 0 Å². The van der Waals surface area contributed by atoms with Crippen molar-refractivity contribution in [2.75, 3.05) is 17.2 Å². The summed E-state index contributed by atoms with van der Waals surface area (Å²) in [5.41, 5.74) is 12.9. The number of nitrogens with two attached hydrogens (primary N) is 2. The van der Waals surface area contributed by atoms with Crippen molar-refractivity contribution in [3.8, 4) is 0 Å². The molecule has 6 heteroatoms. The summed E-state index contributed by atoms with van der Waals surface area (Å²) in [6.45, 7) is 0.537. The van der Waals surface area contributed by atoms with Crippen molar-refractivity contribution < 1.29 is 4.79 Å². The highest BCUT2D eigenvalue weighted by Crippen LogP contribution is 2.25. The fourth-order valence-electron chi connectivity index (χ4n) is 1.89. The molecule has 104 valence electrons. The van der Waals surface area contributed by atoms with Gasteiger partial charge in [0.2, 0.25) is 5.91 Å². The minimum Gasteiger partial charge on any atom is -0.398 e. The second-order valence-corrected chi connectivity index (χ2v) is 5.18. The number of anilines is 2. The Morgan fingerprint density at radius 2 is 2.00 bits per heavy atom. The van der Waals surface area contributed by atoms with Crippen LogP contribution in [0.2, 0.25) is 0 Å². The van der Waals surface area contributed by atoms with Gasteiger partial charge < -0.3 is 16.4 Å². The number of carbonyl (C=O) groups excluding carboxylic acids is 1. The number of hydrogen-bond donors (Lipinski definition) is 2. The number of amides is 1. The number of nitrogens with zero attached hydrogens (tertiary/aromatic N) is 2.